The molecular weight excluding hydrogens is 773 g/mol. The van der Waals surface area contributed by atoms with E-state index in [1.165, 1.54) is 41.3 Å². The number of nitrogen functional groups attached to an aromatic ring is 1. The van der Waals surface area contributed by atoms with Gasteiger partial charge in [0.1, 0.15) is 30.2 Å². The van der Waals surface area contributed by atoms with Gasteiger partial charge in [-0.1, -0.05) is 12.1 Å². The Morgan fingerprint density at radius 3 is 2.45 bits per heavy atom. The molecule has 2 amide bonds. The minimum absolute atomic E-state index is 0.0528. The number of phenols is 2. The second-order valence-corrected chi connectivity index (χ2v) is 15.9. The third-order valence-corrected chi connectivity index (χ3v) is 12.5. The van der Waals surface area contributed by atoms with Crippen LogP contribution >= 0.6 is 23.1 Å². The number of carboxylic acid groups (broad SMARTS) is 2. The lowest BCUT2D eigenvalue weighted by molar-refractivity contribution is -0.925. The number of aryl methyl sites for hydroxylation is 1. The number of aromatic nitrogens is 1. The molecule has 3 aliphatic rings. The molecule has 2 fully saturated rings. The van der Waals surface area contributed by atoms with Crippen molar-refractivity contribution in [2.24, 2.45) is 12.2 Å². The Kier molecular flexibility index (Phi) is 11.4. The first kappa shape index (κ1) is 40.1. The summed E-state index contributed by atoms with van der Waals surface area (Å²) in [6, 6.07) is 1.44. The number of aliphatic carboxylic acids is 2. The number of hydrogen-bond acceptors (Lipinski definition) is 14. The summed E-state index contributed by atoms with van der Waals surface area (Å²) >= 11 is 2.43. The van der Waals surface area contributed by atoms with E-state index in [0.29, 0.717) is 64.3 Å². The first-order chi connectivity index (χ1) is 26.6. The summed E-state index contributed by atoms with van der Waals surface area (Å²) in [7, 11) is 2.94. The minimum Gasteiger partial charge on any atom is -0.504 e. The topological polar surface area (TPSA) is 260 Å². The molecule has 0 aliphatic carbocycles. The SMILES string of the molecule is CCc1c(C(=NOC(CC(=O)O)C(=O)O)C(=O)NC2C(=O)N3C(C(=O)OC)=C(C[N+]4(Cc5cn(C)c6cc(O)c(O)cc6c5=O)CCCC4)CSC23)csc1N. The van der Waals surface area contributed by atoms with Crippen LogP contribution in [-0.4, -0.2) is 120 Å². The van der Waals surface area contributed by atoms with E-state index < -0.39 is 65.1 Å². The number of hydrogen-bond donors (Lipinski definition) is 6. The molecule has 7 N–H and O–H groups in total. The first-order valence-electron chi connectivity index (χ1n) is 17.6. The van der Waals surface area contributed by atoms with Crippen LogP contribution in [-0.2, 0) is 53.6 Å². The maximum Gasteiger partial charge on any atom is 0.355 e. The number of quaternary nitrogens is 1. The number of phenolic OH excluding ortho intramolecular Hbond substituents is 2. The number of nitrogens with zero attached hydrogens (tertiary/aromatic N) is 4. The number of nitrogens with one attached hydrogen (secondary N) is 1. The van der Waals surface area contributed by atoms with Gasteiger partial charge in [0.2, 0.25) is 6.10 Å². The van der Waals surface area contributed by atoms with E-state index in [-0.39, 0.29) is 33.6 Å². The fourth-order valence-corrected chi connectivity index (χ4v) is 9.78. The molecular formula is C36H41N6O12S2+. The molecule has 298 valence electrons. The lowest BCUT2D eigenvalue weighted by atomic mass is 10.0. The number of thiophene rings is 1. The molecule has 2 aromatic heterocycles. The van der Waals surface area contributed by atoms with Gasteiger partial charge in [-0.3, -0.25) is 24.1 Å². The molecule has 18 nitrogen and oxygen atoms in total. The number of benzene rings is 1. The summed E-state index contributed by atoms with van der Waals surface area (Å²) in [4.78, 5) is 84.1. The van der Waals surface area contributed by atoms with Crippen LogP contribution in [0, 0.1) is 0 Å². The minimum atomic E-state index is -1.91. The number of aromatic hydroxyl groups is 2. The van der Waals surface area contributed by atoms with Crippen LogP contribution in [0.25, 0.3) is 10.9 Å². The Hall–Kier alpha value is -5.60. The molecule has 6 rings (SSSR count). The molecule has 0 saturated carbocycles. The van der Waals surface area contributed by atoms with E-state index in [9.17, 15) is 44.1 Å². The van der Waals surface area contributed by atoms with Crippen molar-refractivity contribution in [3.05, 3.63) is 61.9 Å². The smallest absolute Gasteiger partial charge is 0.355 e. The van der Waals surface area contributed by atoms with Gasteiger partial charge < -0.3 is 50.1 Å². The van der Waals surface area contributed by atoms with Gasteiger partial charge in [-0.05, 0) is 18.1 Å². The number of fused-ring (bicyclic) bond motifs is 2. The third kappa shape index (κ3) is 7.50. The van der Waals surface area contributed by atoms with Crippen LogP contribution in [0.1, 0.15) is 42.9 Å². The Morgan fingerprint density at radius 2 is 1.80 bits per heavy atom. The second-order valence-electron chi connectivity index (χ2n) is 13.9. The Morgan fingerprint density at radius 1 is 1.11 bits per heavy atom. The molecule has 0 bridgehead atoms. The summed E-state index contributed by atoms with van der Waals surface area (Å²) in [5.41, 5.74) is 7.76. The number of esters is 1. The summed E-state index contributed by atoms with van der Waals surface area (Å²) < 4.78 is 7.28. The van der Waals surface area contributed by atoms with Crippen molar-refractivity contribution in [2.75, 3.05) is 38.2 Å². The van der Waals surface area contributed by atoms with E-state index in [0.717, 1.165) is 24.2 Å². The maximum atomic E-state index is 13.9. The Bertz CT molecular complexity index is 2260. The second kappa shape index (κ2) is 15.9. The number of methoxy groups -OCH3 is 1. The van der Waals surface area contributed by atoms with Gasteiger partial charge >= 0.3 is 17.9 Å². The van der Waals surface area contributed by atoms with Gasteiger partial charge in [0.25, 0.3) is 11.8 Å². The predicted molar refractivity (Wildman–Crippen MR) is 204 cm³/mol. The van der Waals surface area contributed by atoms with Gasteiger partial charge in [0.15, 0.2) is 22.6 Å². The van der Waals surface area contributed by atoms with Crippen LogP contribution in [0.5, 0.6) is 11.5 Å². The third-order valence-electron chi connectivity index (χ3n) is 10.3. The Labute approximate surface area is 327 Å². The molecule has 2 saturated heterocycles. The fourth-order valence-electron chi connectivity index (χ4n) is 7.55. The molecule has 20 heteroatoms. The van der Waals surface area contributed by atoms with Crippen molar-refractivity contribution in [1.82, 2.24) is 14.8 Å². The van der Waals surface area contributed by atoms with Crippen LogP contribution in [0.3, 0.4) is 0 Å². The molecule has 56 heavy (non-hydrogen) atoms. The zero-order valence-corrected chi connectivity index (χ0v) is 32.3. The lowest BCUT2D eigenvalue weighted by Crippen LogP contribution is -2.71. The molecule has 5 heterocycles. The predicted octanol–water partition coefficient (Wildman–Crippen LogP) is 1.44. The maximum absolute atomic E-state index is 13.9. The van der Waals surface area contributed by atoms with Crippen molar-refractivity contribution >= 4 is 74.4 Å². The summed E-state index contributed by atoms with van der Waals surface area (Å²) in [6.45, 7) is 3.78. The number of nitrogens with two attached hydrogens (primary N) is 1. The fraction of sp³-hybridized carbons (Fsp3) is 0.417. The normalized spacial score (nSPS) is 19.7. The molecule has 1 aromatic carbocycles. The van der Waals surface area contributed by atoms with E-state index in [2.05, 4.69) is 10.5 Å². The highest BCUT2D eigenvalue weighted by Gasteiger charge is 2.55. The van der Waals surface area contributed by atoms with Crippen LogP contribution < -0.4 is 16.5 Å². The van der Waals surface area contributed by atoms with Crippen molar-refractivity contribution in [3.63, 3.8) is 0 Å². The molecule has 0 radical (unpaired) electrons. The van der Waals surface area contributed by atoms with Crippen molar-refractivity contribution in [2.45, 2.75) is 56.7 Å². The molecule has 3 aliphatic heterocycles. The average molecular weight is 814 g/mol. The van der Waals surface area contributed by atoms with Gasteiger partial charge in [-0.25, -0.2) is 9.59 Å². The number of carbonyl (C=O) groups excluding carboxylic acids is 3. The largest absolute Gasteiger partial charge is 0.504 e. The summed E-state index contributed by atoms with van der Waals surface area (Å²) in [6.07, 6.45) is 0.950. The van der Waals surface area contributed by atoms with E-state index in [1.54, 1.807) is 24.7 Å². The number of thioether (sulfide) groups is 1. The van der Waals surface area contributed by atoms with Crippen molar-refractivity contribution in [1.29, 1.82) is 0 Å². The summed E-state index contributed by atoms with van der Waals surface area (Å²) in [5, 5.41) is 46.6. The van der Waals surface area contributed by atoms with Crippen molar-refractivity contribution < 1.29 is 58.5 Å². The van der Waals surface area contributed by atoms with Crippen molar-refractivity contribution in [3.8, 4) is 11.5 Å². The summed E-state index contributed by atoms with van der Waals surface area (Å²) in [5.74, 6) is -5.80. The lowest BCUT2D eigenvalue weighted by Gasteiger charge is -2.50. The van der Waals surface area contributed by atoms with Crippen LogP contribution in [0.2, 0.25) is 0 Å². The molecule has 3 atom stereocenters. The Balaban J connectivity index is 1.28. The van der Waals surface area contributed by atoms with Gasteiger partial charge in [-0.15, -0.1) is 23.1 Å². The highest BCUT2D eigenvalue weighted by atomic mass is 32.2. The number of rotatable bonds is 14. The quantitative estimate of drug-likeness (QED) is 0.0336. The van der Waals surface area contributed by atoms with Crippen LogP contribution in [0.15, 0.2) is 44.9 Å². The number of carbonyl (C=O) groups is 5. The number of likely N-dealkylation sites (tertiary alicyclic amines) is 1. The monoisotopic (exact) mass is 813 g/mol. The highest BCUT2D eigenvalue weighted by Crippen LogP contribution is 2.42. The molecule has 0 spiro atoms. The van der Waals surface area contributed by atoms with E-state index >= 15 is 0 Å². The number of amides is 2. The zero-order chi connectivity index (χ0) is 40.6. The van der Waals surface area contributed by atoms with Crippen LogP contribution in [0.4, 0.5) is 5.00 Å². The van der Waals surface area contributed by atoms with Gasteiger partial charge in [0, 0.05) is 54.4 Å². The average Bonchev–Trinajstić information content (AvgIpc) is 3.77. The standard InChI is InChI=1S/C36H40N6O12S2/c1-4-19-21(16-55-31(19)37)27(39-54-25(35(50)51)11-26(45)46)32(48)38-28-33(49)41-29(36(52)53-3)18(15-56-34(28)41)14-42(7-5-6-8-42)13-17-12-40(2)22-10-24(44)23(43)9-20(22)30(17)47/h9-10,12,16,25,28,34H,4-8,11,13-15,37H2,1-3H3,(H4-,38,39,43,44,45,46,47,48,50,51)/p+1. The number of oxime groups is 1. The number of β-lactam (4-membered cyclic amide) rings is 1. The molecule has 3 unspecified atom stereocenters. The number of ether oxygens (including phenoxy) is 1. The van der Waals surface area contributed by atoms with E-state index in [1.807, 2.05) is 0 Å². The van der Waals surface area contributed by atoms with E-state index in [4.69, 9.17) is 20.4 Å². The number of pyridine rings is 1. The highest BCUT2D eigenvalue weighted by molar-refractivity contribution is 8.00. The number of carboxylic acids is 2. The zero-order valence-electron chi connectivity index (χ0n) is 30.6. The first-order valence-corrected chi connectivity index (χ1v) is 19.5. The van der Waals surface area contributed by atoms with Gasteiger partial charge in [0.05, 0.1) is 48.1 Å². The molecule has 3 aromatic rings. The number of anilines is 1. The van der Waals surface area contributed by atoms with Gasteiger partial charge in [-0.2, -0.15) is 0 Å².